The SMILES string of the molecule is CCc1ccc(C(=O)/C=C/c2cccn2-c2cccc([N+](=O)[O-])c2)s1. The maximum Gasteiger partial charge on any atom is 0.271 e. The highest BCUT2D eigenvalue weighted by Crippen LogP contribution is 2.21. The number of thiophene rings is 1. The summed E-state index contributed by atoms with van der Waals surface area (Å²) >= 11 is 1.50. The third kappa shape index (κ3) is 3.75. The predicted molar refractivity (Wildman–Crippen MR) is 99.5 cm³/mol. The lowest BCUT2D eigenvalue weighted by molar-refractivity contribution is -0.384. The Kier molecular flexibility index (Phi) is 4.90. The molecular weight excluding hydrogens is 336 g/mol. The minimum atomic E-state index is -0.422. The molecule has 0 bridgehead atoms. The molecule has 0 fully saturated rings. The van der Waals surface area contributed by atoms with Gasteiger partial charge < -0.3 is 4.57 Å². The molecule has 3 rings (SSSR count). The number of aromatic nitrogens is 1. The zero-order valence-electron chi connectivity index (χ0n) is 13.6. The molecule has 0 atom stereocenters. The molecule has 0 aliphatic carbocycles. The number of nitro groups is 1. The standard InChI is InChI=1S/C19H16N2O3S/c1-2-17-9-11-19(25-17)18(22)10-8-14-7-4-12-20(14)15-5-3-6-16(13-15)21(23)24/h3-13H,2H2,1H3/b10-8+. The fraction of sp³-hybridized carbons (Fsp3) is 0.105. The summed E-state index contributed by atoms with van der Waals surface area (Å²) in [6.45, 7) is 2.06. The van der Waals surface area contributed by atoms with Crippen molar-refractivity contribution in [2.75, 3.05) is 0 Å². The van der Waals surface area contributed by atoms with Crippen LogP contribution in [0, 0.1) is 10.1 Å². The number of nitrogens with zero attached hydrogens (tertiary/aromatic N) is 2. The zero-order chi connectivity index (χ0) is 17.8. The van der Waals surface area contributed by atoms with Crippen LogP contribution in [0.1, 0.15) is 27.2 Å². The van der Waals surface area contributed by atoms with Crippen LogP contribution in [-0.4, -0.2) is 15.3 Å². The third-order valence-electron chi connectivity index (χ3n) is 3.76. The highest BCUT2D eigenvalue weighted by molar-refractivity contribution is 7.14. The van der Waals surface area contributed by atoms with Crippen LogP contribution in [0.5, 0.6) is 0 Å². The van der Waals surface area contributed by atoms with E-state index >= 15 is 0 Å². The van der Waals surface area contributed by atoms with E-state index in [9.17, 15) is 14.9 Å². The molecule has 0 aliphatic heterocycles. The molecule has 0 aliphatic rings. The monoisotopic (exact) mass is 352 g/mol. The van der Waals surface area contributed by atoms with Gasteiger partial charge in [0.2, 0.25) is 0 Å². The van der Waals surface area contributed by atoms with Crippen LogP contribution >= 0.6 is 11.3 Å². The number of allylic oxidation sites excluding steroid dienone is 1. The van der Waals surface area contributed by atoms with Gasteiger partial charge in [0, 0.05) is 28.9 Å². The Morgan fingerprint density at radius 1 is 1.24 bits per heavy atom. The molecule has 1 aromatic carbocycles. The van der Waals surface area contributed by atoms with Crippen LogP contribution in [0.25, 0.3) is 11.8 Å². The van der Waals surface area contributed by atoms with Crippen molar-refractivity contribution in [2.24, 2.45) is 0 Å². The van der Waals surface area contributed by atoms with Gasteiger partial charge in [-0.25, -0.2) is 0 Å². The van der Waals surface area contributed by atoms with Crippen molar-refractivity contribution in [1.29, 1.82) is 0 Å². The van der Waals surface area contributed by atoms with Crippen LogP contribution in [0.4, 0.5) is 5.69 Å². The van der Waals surface area contributed by atoms with Gasteiger partial charge in [0.1, 0.15) is 0 Å². The summed E-state index contributed by atoms with van der Waals surface area (Å²) in [7, 11) is 0. The first-order valence-corrected chi connectivity index (χ1v) is 8.63. The van der Waals surface area contributed by atoms with E-state index in [0.717, 1.165) is 12.1 Å². The molecule has 0 saturated carbocycles. The summed E-state index contributed by atoms with van der Waals surface area (Å²) in [5, 5.41) is 10.9. The molecule has 6 heteroatoms. The largest absolute Gasteiger partial charge is 0.317 e. The lowest BCUT2D eigenvalue weighted by Crippen LogP contribution is -1.97. The quantitative estimate of drug-likeness (QED) is 0.274. The Labute approximate surface area is 149 Å². The third-order valence-corrected chi connectivity index (χ3v) is 5.00. The summed E-state index contributed by atoms with van der Waals surface area (Å²) in [6, 6.07) is 13.9. The average Bonchev–Trinajstić information content (AvgIpc) is 3.29. The number of hydrogen-bond acceptors (Lipinski definition) is 4. The van der Waals surface area contributed by atoms with E-state index in [0.29, 0.717) is 10.6 Å². The number of nitro benzene ring substituents is 1. The second-order valence-corrected chi connectivity index (χ2v) is 6.57. The molecule has 0 spiro atoms. The summed E-state index contributed by atoms with van der Waals surface area (Å²) in [6.07, 6.45) is 5.99. The Morgan fingerprint density at radius 2 is 2.08 bits per heavy atom. The van der Waals surface area contributed by atoms with Crippen molar-refractivity contribution in [3.63, 3.8) is 0 Å². The van der Waals surface area contributed by atoms with Crippen LogP contribution in [0.2, 0.25) is 0 Å². The molecule has 0 amide bonds. The number of carbonyl (C=O) groups is 1. The summed E-state index contributed by atoms with van der Waals surface area (Å²) < 4.78 is 1.81. The van der Waals surface area contributed by atoms with Crippen molar-refractivity contribution in [1.82, 2.24) is 4.57 Å². The first-order valence-electron chi connectivity index (χ1n) is 7.82. The number of ketones is 1. The summed E-state index contributed by atoms with van der Waals surface area (Å²) in [5.74, 6) is -0.0449. The second-order valence-electron chi connectivity index (χ2n) is 5.40. The number of benzene rings is 1. The summed E-state index contributed by atoms with van der Waals surface area (Å²) in [4.78, 5) is 24.7. The Morgan fingerprint density at radius 3 is 2.80 bits per heavy atom. The van der Waals surface area contributed by atoms with Crippen LogP contribution < -0.4 is 0 Å². The van der Waals surface area contributed by atoms with Gasteiger partial charge in [0.25, 0.3) is 5.69 Å². The van der Waals surface area contributed by atoms with Crippen LogP contribution in [0.15, 0.2) is 60.8 Å². The highest BCUT2D eigenvalue weighted by atomic mass is 32.1. The highest BCUT2D eigenvalue weighted by Gasteiger charge is 2.09. The van der Waals surface area contributed by atoms with Gasteiger partial charge in [-0.2, -0.15) is 0 Å². The fourth-order valence-corrected chi connectivity index (χ4v) is 3.33. The maximum absolute atomic E-state index is 12.3. The van der Waals surface area contributed by atoms with Crippen molar-refractivity contribution in [2.45, 2.75) is 13.3 Å². The van der Waals surface area contributed by atoms with Crippen molar-refractivity contribution >= 4 is 28.9 Å². The number of aryl methyl sites for hydroxylation is 1. The smallest absolute Gasteiger partial charge is 0.271 e. The Balaban J connectivity index is 1.85. The van der Waals surface area contributed by atoms with E-state index in [-0.39, 0.29) is 11.5 Å². The number of hydrogen-bond donors (Lipinski definition) is 0. The molecule has 2 heterocycles. The van der Waals surface area contributed by atoms with E-state index in [1.54, 1.807) is 18.2 Å². The van der Waals surface area contributed by atoms with E-state index in [1.165, 1.54) is 34.4 Å². The van der Waals surface area contributed by atoms with E-state index in [4.69, 9.17) is 0 Å². The fourth-order valence-electron chi connectivity index (χ4n) is 2.47. The van der Waals surface area contributed by atoms with E-state index < -0.39 is 4.92 Å². The van der Waals surface area contributed by atoms with Gasteiger partial charge >= 0.3 is 0 Å². The maximum atomic E-state index is 12.3. The number of non-ortho nitro benzene ring substituents is 1. The summed E-state index contributed by atoms with van der Waals surface area (Å²) in [5.41, 5.74) is 1.49. The number of rotatable bonds is 6. The lowest BCUT2D eigenvalue weighted by Gasteiger charge is -2.06. The molecule has 5 nitrogen and oxygen atoms in total. The normalized spacial score (nSPS) is 11.1. The van der Waals surface area contributed by atoms with Gasteiger partial charge in [0.05, 0.1) is 15.5 Å². The first-order chi connectivity index (χ1) is 12.1. The topological polar surface area (TPSA) is 65.1 Å². The minimum absolute atomic E-state index is 0.0305. The van der Waals surface area contributed by atoms with Crippen molar-refractivity contribution in [3.05, 3.63) is 86.4 Å². The van der Waals surface area contributed by atoms with Gasteiger partial charge in [-0.1, -0.05) is 13.0 Å². The molecular formula is C19H16N2O3S. The van der Waals surface area contributed by atoms with E-state index in [1.807, 2.05) is 35.0 Å². The van der Waals surface area contributed by atoms with Crippen molar-refractivity contribution in [3.8, 4) is 5.69 Å². The predicted octanol–water partition coefficient (Wildman–Crippen LogP) is 4.91. The Bertz CT molecular complexity index is 953. The molecule has 0 unspecified atom stereocenters. The molecule has 0 N–H and O–H groups in total. The minimum Gasteiger partial charge on any atom is -0.317 e. The second kappa shape index (κ2) is 7.27. The molecule has 0 radical (unpaired) electrons. The number of carbonyl (C=O) groups excluding carboxylic acids is 1. The molecule has 3 aromatic rings. The lowest BCUT2D eigenvalue weighted by atomic mass is 10.2. The molecule has 126 valence electrons. The van der Waals surface area contributed by atoms with Gasteiger partial charge in [-0.15, -0.1) is 11.3 Å². The van der Waals surface area contributed by atoms with Crippen LogP contribution in [0.3, 0.4) is 0 Å². The van der Waals surface area contributed by atoms with E-state index in [2.05, 4.69) is 6.92 Å². The molecule has 25 heavy (non-hydrogen) atoms. The first kappa shape index (κ1) is 16.9. The van der Waals surface area contributed by atoms with Crippen LogP contribution in [-0.2, 0) is 6.42 Å². The van der Waals surface area contributed by atoms with Gasteiger partial charge in [-0.3, -0.25) is 14.9 Å². The molecule has 0 saturated heterocycles. The average molecular weight is 352 g/mol. The van der Waals surface area contributed by atoms with Gasteiger partial charge in [-0.05, 0) is 48.9 Å². The van der Waals surface area contributed by atoms with Crippen molar-refractivity contribution < 1.29 is 9.72 Å². The van der Waals surface area contributed by atoms with Gasteiger partial charge in [0.15, 0.2) is 5.78 Å². The Hall–Kier alpha value is -2.99. The zero-order valence-corrected chi connectivity index (χ0v) is 14.4. The molecule has 2 aromatic heterocycles.